The van der Waals surface area contributed by atoms with Gasteiger partial charge in [-0.3, -0.25) is 0 Å². The predicted octanol–water partition coefficient (Wildman–Crippen LogP) is 1.13. The zero-order valence-corrected chi connectivity index (χ0v) is 8.06. The third-order valence-electron chi connectivity index (χ3n) is 3.09. The Labute approximate surface area is 77.6 Å². The molecule has 1 fully saturated rings. The van der Waals surface area contributed by atoms with E-state index in [4.69, 9.17) is 5.11 Å². The Morgan fingerprint density at radius 2 is 2.46 bits per heavy atom. The average Bonchev–Trinajstić information content (AvgIpc) is 2.51. The van der Waals surface area contributed by atoms with Crippen molar-refractivity contribution in [1.29, 1.82) is 0 Å². The average molecular weight is 181 g/mol. The quantitative estimate of drug-likeness (QED) is 0.744. The van der Waals surface area contributed by atoms with Crippen LogP contribution in [-0.2, 0) is 6.61 Å². The molecule has 0 aliphatic heterocycles. The van der Waals surface area contributed by atoms with Gasteiger partial charge in [-0.1, -0.05) is 13.8 Å². The van der Waals surface area contributed by atoms with Crippen LogP contribution in [0.15, 0.2) is 6.33 Å². The second-order valence-electron chi connectivity index (χ2n) is 4.36. The Bertz CT molecular complexity index is 306. The molecule has 1 heterocycles. The highest BCUT2D eigenvalue weighted by atomic mass is 16.3. The van der Waals surface area contributed by atoms with Crippen molar-refractivity contribution in [3.05, 3.63) is 12.2 Å². The normalized spacial score (nSPS) is 25.6. The molecule has 72 valence electrons. The maximum absolute atomic E-state index is 9.02. The number of hydrogen-bond donors (Lipinski definition) is 1. The lowest BCUT2D eigenvalue weighted by Crippen LogP contribution is -2.37. The van der Waals surface area contributed by atoms with Gasteiger partial charge in [0.1, 0.15) is 12.9 Å². The molecule has 1 aliphatic rings. The van der Waals surface area contributed by atoms with Gasteiger partial charge in [0, 0.05) is 6.04 Å². The SMILES string of the molecule is CC1(C)CCC1n1cnnc1CO. The van der Waals surface area contributed by atoms with E-state index in [0.29, 0.717) is 17.3 Å². The number of hydrogen-bond acceptors (Lipinski definition) is 3. The standard InChI is InChI=1S/C9H15N3O/c1-9(2)4-3-7(9)12-6-10-11-8(12)5-13/h6-7,13H,3-5H2,1-2H3. The van der Waals surface area contributed by atoms with Gasteiger partial charge in [0.2, 0.25) is 0 Å². The Morgan fingerprint density at radius 3 is 2.92 bits per heavy atom. The minimum Gasteiger partial charge on any atom is -0.388 e. The fraction of sp³-hybridized carbons (Fsp3) is 0.778. The lowest BCUT2D eigenvalue weighted by Gasteiger charge is -2.45. The summed E-state index contributed by atoms with van der Waals surface area (Å²) in [5.41, 5.74) is 0.326. The zero-order valence-electron chi connectivity index (χ0n) is 8.06. The summed E-state index contributed by atoms with van der Waals surface area (Å²) < 4.78 is 2.00. The maximum Gasteiger partial charge on any atom is 0.158 e. The van der Waals surface area contributed by atoms with Crippen LogP contribution in [0.4, 0.5) is 0 Å². The second-order valence-corrected chi connectivity index (χ2v) is 4.36. The molecule has 1 saturated carbocycles. The molecule has 0 aromatic carbocycles. The van der Waals surface area contributed by atoms with Gasteiger partial charge in [-0.2, -0.15) is 0 Å². The third-order valence-corrected chi connectivity index (χ3v) is 3.09. The van der Waals surface area contributed by atoms with Crippen molar-refractivity contribution < 1.29 is 5.11 Å². The van der Waals surface area contributed by atoms with Gasteiger partial charge in [0.15, 0.2) is 5.82 Å². The van der Waals surface area contributed by atoms with Crippen LogP contribution >= 0.6 is 0 Å². The molecular weight excluding hydrogens is 166 g/mol. The molecule has 1 N–H and O–H groups in total. The van der Waals surface area contributed by atoms with E-state index in [2.05, 4.69) is 24.0 Å². The number of aliphatic hydroxyl groups is 1. The summed E-state index contributed by atoms with van der Waals surface area (Å²) in [4.78, 5) is 0. The summed E-state index contributed by atoms with van der Waals surface area (Å²) in [6.45, 7) is 4.46. The summed E-state index contributed by atoms with van der Waals surface area (Å²) in [6, 6.07) is 0.463. The lowest BCUT2D eigenvalue weighted by atomic mass is 9.67. The molecule has 2 rings (SSSR count). The van der Waals surface area contributed by atoms with Crippen molar-refractivity contribution in [3.8, 4) is 0 Å². The van der Waals surface area contributed by atoms with Crippen molar-refractivity contribution in [2.24, 2.45) is 5.41 Å². The molecule has 0 amide bonds. The Balaban J connectivity index is 2.26. The molecule has 13 heavy (non-hydrogen) atoms. The summed E-state index contributed by atoms with van der Waals surface area (Å²) >= 11 is 0. The van der Waals surface area contributed by atoms with Crippen molar-refractivity contribution in [3.63, 3.8) is 0 Å². The van der Waals surface area contributed by atoms with E-state index in [1.54, 1.807) is 6.33 Å². The molecule has 0 spiro atoms. The highest BCUT2D eigenvalue weighted by molar-refractivity contribution is 4.98. The highest BCUT2D eigenvalue weighted by Crippen LogP contribution is 2.49. The van der Waals surface area contributed by atoms with E-state index < -0.39 is 0 Å². The second kappa shape index (κ2) is 2.80. The zero-order chi connectivity index (χ0) is 9.47. The molecule has 1 aliphatic carbocycles. The number of aliphatic hydroxyl groups excluding tert-OH is 1. The number of nitrogens with zero attached hydrogens (tertiary/aromatic N) is 3. The van der Waals surface area contributed by atoms with E-state index in [9.17, 15) is 0 Å². The van der Waals surface area contributed by atoms with Crippen molar-refractivity contribution in [1.82, 2.24) is 14.8 Å². The summed E-state index contributed by atoms with van der Waals surface area (Å²) in [7, 11) is 0. The van der Waals surface area contributed by atoms with Crippen LogP contribution in [-0.4, -0.2) is 19.9 Å². The topological polar surface area (TPSA) is 50.9 Å². The van der Waals surface area contributed by atoms with Crippen LogP contribution in [0.25, 0.3) is 0 Å². The minimum atomic E-state index is -0.0212. The molecule has 1 unspecified atom stereocenters. The fourth-order valence-corrected chi connectivity index (χ4v) is 2.01. The van der Waals surface area contributed by atoms with Gasteiger partial charge in [0.25, 0.3) is 0 Å². The minimum absolute atomic E-state index is 0.0212. The largest absolute Gasteiger partial charge is 0.388 e. The van der Waals surface area contributed by atoms with Crippen LogP contribution in [0, 0.1) is 5.41 Å². The molecule has 0 bridgehead atoms. The van der Waals surface area contributed by atoms with E-state index in [0.717, 1.165) is 6.42 Å². The molecule has 1 aromatic heterocycles. The molecule has 1 aromatic rings. The lowest BCUT2D eigenvalue weighted by molar-refractivity contribution is 0.0753. The molecule has 1 atom stereocenters. The van der Waals surface area contributed by atoms with E-state index in [-0.39, 0.29) is 6.61 Å². The first-order valence-electron chi connectivity index (χ1n) is 4.64. The van der Waals surface area contributed by atoms with Crippen molar-refractivity contribution in [2.45, 2.75) is 39.3 Å². The maximum atomic E-state index is 9.02. The van der Waals surface area contributed by atoms with Gasteiger partial charge in [-0.25, -0.2) is 0 Å². The molecule has 4 nitrogen and oxygen atoms in total. The van der Waals surface area contributed by atoms with E-state index >= 15 is 0 Å². The van der Waals surface area contributed by atoms with E-state index in [1.165, 1.54) is 6.42 Å². The summed E-state index contributed by atoms with van der Waals surface area (Å²) in [5.74, 6) is 0.678. The summed E-state index contributed by atoms with van der Waals surface area (Å²) in [6.07, 6.45) is 4.12. The highest BCUT2D eigenvalue weighted by Gasteiger charge is 2.40. The molecular formula is C9H15N3O. The molecule has 0 saturated heterocycles. The van der Waals surface area contributed by atoms with Crippen LogP contribution in [0.3, 0.4) is 0 Å². The van der Waals surface area contributed by atoms with Gasteiger partial charge in [-0.15, -0.1) is 10.2 Å². The van der Waals surface area contributed by atoms with Crippen molar-refractivity contribution in [2.75, 3.05) is 0 Å². The van der Waals surface area contributed by atoms with Crippen LogP contribution in [0.2, 0.25) is 0 Å². The van der Waals surface area contributed by atoms with Crippen LogP contribution < -0.4 is 0 Å². The summed E-state index contributed by atoms with van der Waals surface area (Å²) in [5, 5.41) is 16.7. The number of rotatable bonds is 2. The molecule has 4 heteroatoms. The van der Waals surface area contributed by atoms with Gasteiger partial charge >= 0.3 is 0 Å². The molecule has 0 radical (unpaired) electrons. The smallest absolute Gasteiger partial charge is 0.158 e. The first-order chi connectivity index (χ1) is 6.15. The predicted molar refractivity (Wildman–Crippen MR) is 48.0 cm³/mol. The van der Waals surface area contributed by atoms with Gasteiger partial charge in [-0.05, 0) is 18.3 Å². The first kappa shape index (κ1) is 8.69. The first-order valence-corrected chi connectivity index (χ1v) is 4.64. The monoisotopic (exact) mass is 181 g/mol. The van der Waals surface area contributed by atoms with Gasteiger partial charge in [0.05, 0.1) is 0 Å². The Morgan fingerprint density at radius 1 is 1.69 bits per heavy atom. The third kappa shape index (κ3) is 1.25. The Kier molecular flexibility index (Phi) is 1.87. The Hall–Kier alpha value is -0.900. The number of aromatic nitrogens is 3. The van der Waals surface area contributed by atoms with Gasteiger partial charge < -0.3 is 9.67 Å². The van der Waals surface area contributed by atoms with Crippen molar-refractivity contribution >= 4 is 0 Å². The van der Waals surface area contributed by atoms with E-state index in [1.807, 2.05) is 4.57 Å². The van der Waals surface area contributed by atoms with Crippen LogP contribution in [0.1, 0.15) is 38.6 Å². The fourth-order valence-electron chi connectivity index (χ4n) is 2.01. The van der Waals surface area contributed by atoms with Crippen LogP contribution in [0.5, 0.6) is 0 Å².